The van der Waals surface area contributed by atoms with Crippen molar-refractivity contribution in [3.8, 4) is 6.07 Å². The molecule has 0 radical (unpaired) electrons. The van der Waals surface area contributed by atoms with Crippen molar-refractivity contribution in [3.05, 3.63) is 53.7 Å². The zero-order valence-corrected chi connectivity index (χ0v) is 15.0. The van der Waals surface area contributed by atoms with Crippen LogP contribution in [0.25, 0.3) is 0 Å². The van der Waals surface area contributed by atoms with Gasteiger partial charge in [-0.15, -0.1) is 0 Å². The standard InChI is InChI=1S/C18H18N4O3S/c1-22(16-7-8-26(24,25)12-16)18(23)14-5-6-17(20-11-14)21-15-4-2-3-13(9-15)10-19/h2-6,9,11,16H,7-8,12H2,1H3,(H,20,21). The monoisotopic (exact) mass is 370 g/mol. The van der Waals surface area contributed by atoms with Gasteiger partial charge < -0.3 is 10.2 Å². The Morgan fingerprint density at radius 1 is 1.35 bits per heavy atom. The highest BCUT2D eigenvalue weighted by atomic mass is 32.2. The molecule has 3 rings (SSSR count). The molecular formula is C18H18N4O3S. The number of carbonyl (C=O) groups excluding carboxylic acids is 1. The average Bonchev–Trinajstić information content (AvgIpc) is 3.01. The maximum Gasteiger partial charge on any atom is 0.255 e. The van der Waals surface area contributed by atoms with Gasteiger partial charge in [0, 0.05) is 25.0 Å². The zero-order chi connectivity index (χ0) is 18.7. The first-order valence-electron chi connectivity index (χ1n) is 8.09. The average molecular weight is 370 g/mol. The molecule has 26 heavy (non-hydrogen) atoms. The zero-order valence-electron chi connectivity index (χ0n) is 14.2. The van der Waals surface area contributed by atoms with Gasteiger partial charge in [0.15, 0.2) is 9.84 Å². The highest BCUT2D eigenvalue weighted by molar-refractivity contribution is 7.91. The number of nitrogens with zero attached hydrogens (tertiary/aromatic N) is 3. The van der Waals surface area contributed by atoms with Gasteiger partial charge in [-0.1, -0.05) is 6.07 Å². The van der Waals surface area contributed by atoms with Crippen molar-refractivity contribution in [2.75, 3.05) is 23.9 Å². The number of benzene rings is 1. The summed E-state index contributed by atoms with van der Waals surface area (Å²) < 4.78 is 23.2. The van der Waals surface area contributed by atoms with Crippen LogP contribution in [0.5, 0.6) is 0 Å². The molecule has 1 aromatic heterocycles. The number of carbonyl (C=O) groups is 1. The fourth-order valence-corrected chi connectivity index (χ4v) is 4.63. The number of hydrogen-bond acceptors (Lipinski definition) is 6. The van der Waals surface area contributed by atoms with Gasteiger partial charge in [-0.3, -0.25) is 4.79 Å². The van der Waals surface area contributed by atoms with Crippen molar-refractivity contribution >= 4 is 27.2 Å². The van der Waals surface area contributed by atoms with Gasteiger partial charge in [0.2, 0.25) is 0 Å². The Bertz CT molecular complexity index is 965. The Labute approximate surface area is 152 Å². The van der Waals surface area contributed by atoms with Crippen molar-refractivity contribution in [2.24, 2.45) is 0 Å². The van der Waals surface area contributed by atoms with Crippen LogP contribution in [0.4, 0.5) is 11.5 Å². The van der Waals surface area contributed by atoms with E-state index in [0.717, 1.165) is 5.69 Å². The summed E-state index contributed by atoms with van der Waals surface area (Å²) >= 11 is 0. The van der Waals surface area contributed by atoms with Gasteiger partial charge in [-0.2, -0.15) is 5.26 Å². The molecule has 1 fully saturated rings. The van der Waals surface area contributed by atoms with Crippen molar-refractivity contribution in [2.45, 2.75) is 12.5 Å². The first-order valence-corrected chi connectivity index (χ1v) is 9.91. The third-order valence-corrected chi connectivity index (χ3v) is 6.10. The predicted octanol–water partition coefficient (Wildman–Crippen LogP) is 1.96. The van der Waals surface area contributed by atoms with Gasteiger partial charge in [-0.25, -0.2) is 13.4 Å². The number of sulfone groups is 1. The summed E-state index contributed by atoms with van der Waals surface area (Å²) in [6, 6.07) is 12.1. The van der Waals surface area contributed by atoms with Crippen LogP contribution in [0.2, 0.25) is 0 Å². The van der Waals surface area contributed by atoms with E-state index in [0.29, 0.717) is 23.4 Å². The number of amides is 1. The van der Waals surface area contributed by atoms with Crippen LogP contribution >= 0.6 is 0 Å². The largest absolute Gasteiger partial charge is 0.340 e. The molecule has 2 aromatic rings. The lowest BCUT2D eigenvalue weighted by atomic mass is 10.2. The van der Waals surface area contributed by atoms with Crippen molar-refractivity contribution in [1.82, 2.24) is 9.88 Å². The second kappa shape index (κ2) is 7.14. The predicted molar refractivity (Wildman–Crippen MR) is 97.8 cm³/mol. The minimum Gasteiger partial charge on any atom is -0.340 e. The van der Waals surface area contributed by atoms with Crippen LogP contribution in [0.3, 0.4) is 0 Å². The van der Waals surface area contributed by atoms with Gasteiger partial charge in [0.1, 0.15) is 5.82 Å². The second-order valence-corrected chi connectivity index (χ2v) is 8.45. The Hall–Kier alpha value is -2.92. The van der Waals surface area contributed by atoms with Gasteiger partial charge in [-0.05, 0) is 36.8 Å². The van der Waals surface area contributed by atoms with E-state index in [1.165, 1.54) is 11.1 Å². The van der Waals surface area contributed by atoms with Crippen LogP contribution in [0, 0.1) is 11.3 Å². The first-order chi connectivity index (χ1) is 12.4. The molecule has 1 atom stereocenters. The maximum atomic E-state index is 12.5. The van der Waals surface area contributed by atoms with E-state index in [4.69, 9.17) is 5.26 Å². The Morgan fingerprint density at radius 2 is 2.15 bits per heavy atom. The van der Waals surface area contributed by atoms with Gasteiger partial charge >= 0.3 is 0 Å². The van der Waals surface area contributed by atoms with E-state index in [1.54, 1.807) is 37.4 Å². The number of pyridine rings is 1. The quantitative estimate of drug-likeness (QED) is 0.882. The van der Waals surface area contributed by atoms with E-state index in [9.17, 15) is 13.2 Å². The molecule has 8 heteroatoms. The summed E-state index contributed by atoms with van der Waals surface area (Å²) in [5.74, 6) is 0.427. The maximum absolute atomic E-state index is 12.5. The molecule has 1 aliphatic heterocycles. The third kappa shape index (κ3) is 4.00. The lowest BCUT2D eigenvalue weighted by Gasteiger charge is -2.23. The molecule has 1 aromatic carbocycles. The SMILES string of the molecule is CN(C(=O)c1ccc(Nc2cccc(C#N)c2)nc1)C1CCS(=O)(=O)C1. The fraction of sp³-hybridized carbons (Fsp3) is 0.278. The summed E-state index contributed by atoms with van der Waals surface area (Å²) in [4.78, 5) is 18.2. The number of hydrogen-bond donors (Lipinski definition) is 1. The molecule has 1 saturated heterocycles. The van der Waals surface area contributed by atoms with Crippen molar-refractivity contribution in [3.63, 3.8) is 0 Å². The Morgan fingerprint density at radius 3 is 2.77 bits per heavy atom. The first kappa shape index (κ1) is 17.9. The topological polar surface area (TPSA) is 103 Å². The highest BCUT2D eigenvalue weighted by Crippen LogP contribution is 2.20. The molecular weight excluding hydrogens is 352 g/mol. The normalized spacial score (nSPS) is 18.1. The Balaban J connectivity index is 1.69. The van der Waals surface area contributed by atoms with Crippen molar-refractivity contribution < 1.29 is 13.2 Å². The molecule has 0 saturated carbocycles. The molecule has 1 N–H and O–H groups in total. The second-order valence-electron chi connectivity index (χ2n) is 6.22. The Kier molecular flexibility index (Phi) is 4.91. The van der Waals surface area contributed by atoms with E-state index < -0.39 is 9.84 Å². The van der Waals surface area contributed by atoms with Crippen molar-refractivity contribution in [1.29, 1.82) is 5.26 Å². The van der Waals surface area contributed by atoms with Gasteiger partial charge in [0.05, 0.1) is 28.7 Å². The summed E-state index contributed by atoms with van der Waals surface area (Å²) in [5.41, 5.74) is 1.66. The molecule has 7 nitrogen and oxygen atoms in total. The van der Waals surface area contributed by atoms with Crippen LogP contribution in [-0.2, 0) is 9.84 Å². The molecule has 2 heterocycles. The number of anilines is 2. The van der Waals surface area contributed by atoms with Crippen LogP contribution in [0.1, 0.15) is 22.3 Å². The molecule has 134 valence electrons. The number of rotatable bonds is 4. The van der Waals surface area contributed by atoms with E-state index in [-0.39, 0.29) is 23.5 Å². The van der Waals surface area contributed by atoms with E-state index >= 15 is 0 Å². The summed E-state index contributed by atoms with van der Waals surface area (Å²) in [6.45, 7) is 0. The molecule has 1 amide bonds. The van der Waals surface area contributed by atoms with E-state index in [2.05, 4.69) is 16.4 Å². The molecule has 0 spiro atoms. The lowest BCUT2D eigenvalue weighted by molar-refractivity contribution is 0.0747. The summed E-state index contributed by atoms with van der Waals surface area (Å²) in [7, 11) is -1.43. The minimum atomic E-state index is -3.05. The lowest BCUT2D eigenvalue weighted by Crippen LogP contribution is -2.37. The molecule has 1 aliphatic rings. The van der Waals surface area contributed by atoms with Crippen LogP contribution in [0.15, 0.2) is 42.6 Å². The third-order valence-electron chi connectivity index (χ3n) is 4.35. The van der Waals surface area contributed by atoms with Crippen LogP contribution in [-0.4, -0.2) is 48.8 Å². The van der Waals surface area contributed by atoms with Gasteiger partial charge in [0.25, 0.3) is 5.91 Å². The molecule has 1 unspecified atom stereocenters. The smallest absolute Gasteiger partial charge is 0.255 e. The summed E-state index contributed by atoms with van der Waals surface area (Å²) in [6.07, 6.45) is 1.92. The minimum absolute atomic E-state index is 0.0114. The fourth-order valence-electron chi connectivity index (χ4n) is 2.86. The highest BCUT2D eigenvalue weighted by Gasteiger charge is 2.33. The van der Waals surface area contributed by atoms with Crippen LogP contribution < -0.4 is 5.32 Å². The number of aromatic nitrogens is 1. The number of nitriles is 1. The molecule has 0 bridgehead atoms. The number of nitrogens with one attached hydrogen (secondary N) is 1. The van der Waals surface area contributed by atoms with E-state index in [1.807, 2.05) is 6.07 Å². The molecule has 0 aliphatic carbocycles. The summed E-state index contributed by atoms with van der Waals surface area (Å²) in [5, 5.41) is 12.0.